The molecule has 6 heterocycles. The highest BCUT2D eigenvalue weighted by Crippen LogP contribution is 2.48. The summed E-state index contributed by atoms with van der Waals surface area (Å²) in [4.78, 5) is 7.33. The van der Waals surface area contributed by atoms with Crippen LogP contribution in [0.15, 0.2) is 24.3 Å². The molecule has 0 spiro atoms. The largest absolute Gasteiger partial charge is 0.402 e. The van der Waals surface area contributed by atoms with Gasteiger partial charge in [-0.3, -0.25) is 37.2 Å². The minimum Gasteiger partial charge on any atom is -0.402 e. The number of nitrogens with one attached hydrogen (secondary N) is 7. The normalized spacial score (nSPS) is 49.2. The van der Waals surface area contributed by atoms with Crippen LogP contribution in [-0.4, -0.2) is 67.6 Å². The Morgan fingerprint density at radius 3 is 1.19 bits per heavy atom. The Morgan fingerprint density at radius 2 is 0.788 bits per heavy atom. The first-order chi connectivity index (χ1) is 25.8. The van der Waals surface area contributed by atoms with Crippen LogP contribution in [0.3, 0.4) is 0 Å². The van der Waals surface area contributed by atoms with E-state index in [9.17, 15) is 0 Å². The second-order valence-corrected chi connectivity index (χ2v) is 18.4. The molecule has 4 aliphatic carbocycles. The maximum Gasteiger partial charge on any atom is 0.187 e. The Labute approximate surface area is 310 Å². The van der Waals surface area contributed by atoms with Gasteiger partial charge in [0.15, 0.2) is 12.0 Å². The predicted molar refractivity (Wildman–Crippen MR) is 198 cm³/mol. The van der Waals surface area contributed by atoms with E-state index in [1.54, 1.807) is 0 Å². The van der Waals surface area contributed by atoms with E-state index in [0.29, 0.717) is 85.2 Å². The van der Waals surface area contributed by atoms with E-state index in [4.69, 9.17) is 14.3 Å². The fourth-order valence-electron chi connectivity index (χ4n) is 13.6. The first-order valence-electron chi connectivity index (χ1n) is 21.9. The number of nitrogens with zero attached hydrogens (tertiary/aromatic N) is 1. The summed E-state index contributed by atoms with van der Waals surface area (Å²) in [6, 6.07) is 8.44. The van der Waals surface area contributed by atoms with Gasteiger partial charge in [-0.2, -0.15) is 0 Å². The van der Waals surface area contributed by atoms with Gasteiger partial charge >= 0.3 is 0 Å². The monoisotopic (exact) mass is 717 g/mol. The summed E-state index contributed by atoms with van der Waals surface area (Å²) in [7, 11) is 0. The highest BCUT2D eigenvalue weighted by molar-refractivity contribution is 5.34. The van der Waals surface area contributed by atoms with E-state index < -0.39 is 0 Å². The van der Waals surface area contributed by atoms with Gasteiger partial charge in [0.2, 0.25) is 0 Å². The van der Waals surface area contributed by atoms with Crippen molar-refractivity contribution < 1.29 is 14.3 Å². The topological polar surface area (TPSA) is 115 Å². The lowest BCUT2D eigenvalue weighted by Crippen LogP contribution is -2.63. The maximum atomic E-state index is 7.33. The molecule has 1 aromatic carbocycles. The highest BCUT2D eigenvalue weighted by atomic mass is 16.7. The zero-order chi connectivity index (χ0) is 34.2. The predicted octanol–water partition coefficient (Wildman–Crippen LogP) is 4.36. The van der Waals surface area contributed by atoms with Crippen molar-refractivity contribution in [3.05, 3.63) is 29.8 Å². The number of para-hydroxylation sites is 1. The minimum atomic E-state index is -0.380. The van der Waals surface area contributed by atoms with Crippen molar-refractivity contribution in [3.8, 4) is 5.75 Å². The fraction of sp³-hybridized carbons (Fsp3) is 0.854. The molecule has 6 saturated heterocycles. The number of hydroxylamine groups is 2. The molecule has 11 heteroatoms. The fourth-order valence-corrected chi connectivity index (χ4v) is 13.6. The first-order valence-corrected chi connectivity index (χ1v) is 21.9. The molecule has 4 saturated carbocycles. The summed E-state index contributed by atoms with van der Waals surface area (Å²) >= 11 is 0. The van der Waals surface area contributed by atoms with Crippen molar-refractivity contribution in [2.24, 2.45) is 47.3 Å². The lowest BCUT2D eigenvalue weighted by Gasteiger charge is -2.38. The molecular formula is C41H64N8O3. The summed E-state index contributed by atoms with van der Waals surface area (Å²) in [5.74, 6) is 5.77. The molecule has 6 aliphatic heterocycles. The number of hydrogen-bond donors (Lipinski definition) is 7. The summed E-state index contributed by atoms with van der Waals surface area (Å²) in [5, 5.41) is 32.4. The third-order valence-corrected chi connectivity index (χ3v) is 15.9. The number of fused-ring (bicyclic) bond motifs is 20. The van der Waals surface area contributed by atoms with Crippen LogP contribution in [-0.2, 0) is 9.47 Å². The molecule has 0 amide bonds. The number of rotatable bonds is 3. The van der Waals surface area contributed by atoms with E-state index in [2.05, 4.69) is 66.5 Å². The third-order valence-electron chi connectivity index (χ3n) is 15.9. The Bertz CT molecular complexity index is 1340. The molecule has 0 radical (unpaired) electrons. The Morgan fingerprint density at radius 1 is 0.442 bits per heavy atom. The molecule has 286 valence electrons. The van der Waals surface area contributed by atoms with Gasteiger partial charge in [-0.25, -0.2) is 0 Å². The molecule has 7 N–H and O–H groups in total. The lowest BCUT2D eigenvalue weighted by molar-refractivity contribution is -0.138. The first kappa shape index (κ1) is 33.9. The van der Waals surface area contributed by atoms with Gasteiger partial charge in [0, 0.05) is 0 Å². The summed E-state index contributed by atoms with van der Waals surface area (Å²) in [5.41, 5.74) is 0.991. The zero-order valence-corrected chi connectivity index (χ0v) is 31.0. The van der Waals surface area contributed by atoms with Crippen molar-refractivity contribution in [2.75, 3.05) is 13.2 Å². The van der Waals surface area contributed by atoms with Gasteiger partial charge in [-0.1, -0.05) is 69.6 Å². The Hall–Kier alpha value is -1.38. The number of benzene rings is 1. The maximum absolute atomic E-state index is 7.33. The molecular weight excluding hydrogens is 653 g/mol. The van der Waals surface area contributed by atoms with Crippen molar-refractivity contribution in [3.63, 3.8) is 0 Å². The van der Waals surface area contributed by atoms with Crippen molar-refractivity contribution in [2.45, 2.75) is 158 Å². The lowest BCUT2D eigenvalue weighted by atomic mass is 9.76. The molecule has 16 unspecified atom stereocenters. The number of hydrogen-bond acceptors (Lipinski definition) is 11. The van der Waals surface area contributed by atoms with E-state index in [0.717, 1.165) is 11.3 Å². The SMILES string of the molecule is c1ccc(C2OCCO2)c(ON2C3NC4NC(NC5NC(NC6NC(NC2C2CCCCC23)C2CCCCC62)C2CCCCC52)C2CCCCC42)c1. The van der Waals surface area contributed by atoms with Gasteiger partial charge in [0.1, 0.15) is 12.3 Å². The van der Waals surface area contributed by atoms with Gasteiger partial charge in [0.25, 0.3) is 0 Å². The third kappa shape index (κ3) is 5.91. The van der Waals surface area contributed by atoms with Crippen LogP contribution >= 0.6 is 0 Å². The van der Waals surface area contributed by atoms with Crippen LogP contribution in [0.2, 0.25) is 0 Å². The Balaban J connectivity index is 0.984. The molecule has 8 bridgehead atoms. The van der Waals surface area contributed by atoms with Crippen LogP contribution in [0.5, 0.6) is 5.75 Å². The second-order valence-electron chi connectivity index (χ2n) is 18.4. The quantitative estimate of drug-likeness (QED) is 0.242. The molecule has 1 aromatic rings. The van der Waals surface area contributed by atoms with Crippen molar-refractivity contribution >= 4 is 0 Å². The highest BCUT2D eigenvalue weighted by Gasteiger charge is 2.57. The molecule has 52 heavy (non-hydrogen) atoms. The smallest absolute Gasteiger partial charge is 0.187 e. The molecule has 10 fully saturated rings. The summed E-state index contributed by atoms with van der Waals surface area (Å²) in [6.45, 7) is 1.24. The second kappa shape index (κ2) is 14.3. The molecule has 0 aromatic heterocycles. The van der Waals surface area contributed by atoms with Crippen LogP contribution in [0.4, 0.5) is 0 Å². The van der Waals surface area contributed by atoms with E-state index in [-0.39, 0.29) is 31.0 Å². The van der Waals surface area contributed by atoms with Gasteiger partial charge in [0.05, 0.1) is 55.8 Å². The molecule has 11 rings (SSSR count). The van der Waals surface area contributed by atoms with Crippen LogP contribution in [0.25, 0.3) is 0 Å². The standard InChI is InChI=1S/C41H64N8O3/c1-2-12-24-23(11-1)33-42-34(24)44-36-26-14-4-6-16-28(26)38(46-36)48-40-30-18-8-7-17-29(30)39(47-37-27-15-5-3-13-25(27)35(43-33)45-37)49(40)52-32-20-10-9-19-31(32)41-50-21-22-51-41/h9-10,19-20,23-30,33-48H,1-8,11-18,21-22H2. The minimum absolute atomic E-state index is 0.0993. The number of ether oxygens (including phenoxy) is 2. The summed E-state index contributed by atoms with van der Waals surface area (Å²) in [6.07, 6.45) is 22.7. The van der Waals surface area contributed by atoms with Crippen LogP contribution in [0, 0.1) is 47.3 Å². The average Bonchev–Trinajstić information content (AvgIpc) is 4.02. The zero-order valence-electron chi connectivity index (χ0n) is 31.0. The van der Waals surface area contributed by atoms with E-state index in [1.165, 1.54) is 103 Å². The Kier molecular flexibility index (Phi) is 9.32. The van der Waals surface area contributed by atoms with Crippen LogP contribution in [0.1, 0.15) is 115 Å². The van der Waals surface area contributed by atoms with Crippen LogP contribution < -0.4 is 42.1 Å². The summed E-state index contributed by atoms with van der Waals surface area (Å²) < 4.78 is 12.1. The van der Waals surface area contributed by atoms with Gasteiger partial charge < -0.3 is 14.3 Å². The van der Waals surface area contributed by atoms with Gasteiger partial charge in [-0.05, 0) is 105 Å². The van der Waals surface area contributed by atoms with E-state index in [1.807, 2.05) is 0 Å². The van der Waals surface area contributed by atoms with Gasteiger partial charge in [-0.15, -0.1) is 5.06 Å². The average molecular weight is 717 g/mol. The van der Waals surface area contributed by atoms with Crippen molar-refractivity contribution in [1.29, 1.82) is 0 Å². The van der Waals surface area contributed by atoms with Crippen molar-refractivity contribution in [1.82, 2.24) is 42.3 Å². The molecule has 11 nitrogen and oxygen atoms in total. The molecule has 10 aliphatic rings. The molecule has 16 atom stereocenters. The van der Waals surface area contributed by atoms with E-state index >= 15 is 0 Å².